The standard InChI is InChI=1S/C27H23ClN4OS/c1-19-8-13-23(28)25-24(19)30-27(34-25)32(16-5-15-31-17-14-29-18-31)26(33)22-11-9-21(10-12-22)20-6-3-2-4-7-20/h2-4,6-14,17-18H,5,15-16H2,1H3. The molecule has 1 amide bonds. The van der Waals surface area contributed by atoms with Crippen LogP contribution in [0.2, 0.25) is 5.02 Å². The zero-order valence-corrected chi connectivity index (χ0v) is 20.3. The van der Waals surface area contributed by atoms with Gasteiger partial charge in [-0.3, -0.25) is 9.69 Å². The fourth-order valence-corrected chi connectivity index (χ4v) is 5.25. The molecule has 5 aromatic rings. The van der Waals surface area contributed by atoms with Gasteiger partial charge in [0.1, 0.15) is 0 Å². The van der Waals surface area contributed by atoms with Gasteiger partial charge in [-0.15, -0.1) is 0 Å². The zero-order valence-electron chi connectivity index (χ0n) is 18.7. The molecule has 0 N–H and O–H groups in total. The lowest BCUT2D eigenvalue weighted by molar-refractivity contribution is 0.0986. The van der Waals surface area contributed by atoms with E-state index >= 15 is 0 Å². The predicted octanol–water partition coefficient (Wildman–Crippen LogP) is 6.86. The van der Waals surface area contributed by atoms with Gasteiger partial charge < -0.3 is 4.57 Å². The van der Waals surface area contributed by atoms with Gasteiger partial charge in [-0.25, -0.2) is 9.97 Å². The molecule has 0 spiro atoms. The Balaban J connectivity index is 1.45. The Morgan fingerprint density at radius 1 is 1.03 bits per heavy atom. The third-order valence-electron chi connectivity index (χ3n) is 5.76. The van der Waals surface area contributed by atoms with Crippen molar-refractivity contribution in [3.05, 3.63) is 102 Å². The molecule has 0 unspecified atom stereocenters. The van der Waals surface area contributed by atoms with Gasteiger partial charge in [0, 0.05) is 31.0 Å². The molecule has 2 aromatic heterocycles. The number of amides is 1. The Bertz CT molecular complexity index is 1370. The highest BCUT2D eigenvalue weighted by atomic mass is 35.5. The molecule has 5 nitrogen and oxygen atoms in total. The molecule has 7 heteroatoms. The molecular formula is C27H23ClN4OS. The Kier molecular flexibility index (Phi) is 6.43. The maximum Gasteiger partial charge on any atom is 0.260 e. The van der Waals surface area contributed by atoms with Crippen LogP contribution in [-0.2, 0) is 6.54 Å². The number of imidazole rings is 1. The van der Waals surface area contributed by atoms with Crippen molar-refractivity contribution in [2.75, 3.05) is 11.4 Å². The molecule has 0 saturated carbocycles. The van der Waals surface area contributed by atoms with E-state index in [4.69, 9.17) is 16.6 Å². The fraction of sp³-hybridized carbons (Fsp3) is 0.148. The average Bonchev–Trinajstić information content (AvgIpc) is 3.56. The van der Waals surface area contributed by atoms with E-state index in [0.717, 1.165) is 39.9 Å². The van der Waals surface area contributed by atoms with Crippen molar-refractivity contribution in [3.63, 3.8) is 0 Å². The fourth-order valence-electron chi connectivity index (χ4n) is 3.91. The second kappa shape index (κ2) is 9.79. The van der Waals surface area contributed by atoms with Crippen molar-refractivity contribution >= 4 is 44.2 Å². The lowest BCUT2D eigenvalue weighted by Gasteiger charge is -2.20. The number of benzene rings is 3. The summed E-state index contributed by atoms with van der Waals surface area (Å²) in [5.74, 6) is -0.0712. The molecule has 170 valence electrons. The van der Waals surface area contributed by atoms with E-state index in [9.17, 15) is 4.79 Å². The van der Waals surface area contributed by atoms with Gasteiger partial charge in [0.2, 0.25) is 0 Å². The van der Waals surface area contributed by atoms with Crippen molar-refractivity contribution < 1.29 is 4.79 Å². The molecule has 0 aliphatic carbocycles. The molecule has 0 saturated heterocycles. The normalized spacial score (nSPS) is 11.1. The minimum atomic E-state index is -0.0712. The first-order valence-electron chi connectivity index (χ1n) is 11.1. The first kappa shape index (κ1) is 22.3. The Morgan fingerprint density at radius 3 is 2.50 bits per heavy atom. The summed E-state index contributed by atoms with van der Waals surface area (Å²) < 4.78 is 2.92. The van der Waals surface area contributed by atoms with Gasteiger partial charge in [0.25, 0.3) is 5.91 Å². The minimum Gasteiger partial charge on any atom is -0.337 e. The van der Waals surface area contributed by atoms with Crippen molar-refractivity contribution in [2.45, 2.75) is 19.9 Å². The summed E-state index contributed by atoms with van der Waals surface area (Å²) in [5, 5.41) is 1.32. The number of hydrogen-bond acceptors (Lipinski definition) is 4. The van der Waals surface area contributed by atoms with Crippen LogP contribution in [0.1, 0.15) is 22.3 Å². The molecule has 0 aliphatic rings. The largest absolute Gasteiger partial charge is 0.337 e. The first-order chi connectivity index (χ1) is 16.6. The lowest BCUT2D eigenvalue weighted by atomic mass is 10.0. The molecule has 0 aliphatic heterocycles. The first-order valence-corrected chi connectivity index (χ1v) is 12.3. The van der Waals surface area contributed by atoms with E-state index in [1.807, 2.05) is 72.3 Å². The molecule has 34 heavy (non-hydrogen) atoms. The van der Waals surface area contributed by atoms with E-state index in [1.54, 1.807) is 17.4 Å². The number of thiazole rings is 1. The monoisotopic (exact) mass is 486 g/mol. The van der Waals surface area contributed by atoms with Crippen molar-refractivity contribution in [1.82, 2.24) is 14.5 Å². The number of anilines is 1. The van der Waals surface area contributed by atoms with Gasteiger partial charge in [0.15, 0.2) is 5.13 Å². The highest BCUT2D eigenvalue weighted by Crippen LogP contribution is 2.36. The van der Waals surface area contributed by atoms with Gasteiger partial charge in [0.05, 0.1) is 21.6 Å². The summed E-state index contributed by atoms with van der Waals surface area (Å²) in [6.45, 7) is 3.31. The lowest BCUT2D eigenvalue weighted by Crippen LogP contribution is -2.32. The summed E-state index contributed by atoms with van der Waals surface area (Å²) in [4.78, 5) is 24.4. The molecule has 3 aromatic carbocycles. The van der Waals surface area contributed by atoms with E-state index in [2.05, 4.69) is 17.1 Å². The van der Waals surface area contributed by atoms with Crippen LogP contribution in [0.5, 0.6) is 0 Å². The van der Waals surface area contributed by atoms with Crippen molar-refractivity contribution in [1.29, 1.82) is 0 Å². The summed E-state index contributed by atoms with van der Waals surface area (Å²) in [5.41, 5.74) is 4.71. The average molecular weight is 487 g/mol. The maximum atomic E-state index is 13.7. The number of carbonyl (C=O) groups excluding carboxylic acids is 1. The summed E-state index contributed by atoms with van der Waals surface area (Å²) in [7, 11) is 0. The second-order valence-corrected chi connectivity index (χ2v) is 9.48. The molecule has 0 bridgehead atoms. The van der Waals surface area contributed by atoms with Crippen LogP contribution in [0.25, 0.3) is 21.3 Å². The SMILES string of the molecule is Cc1ccc(Cl)c2sc(N(CCCn3ccnc3)C(=O)c3ccc(-c4ccccc4)cc3)nc12. The van der Waals surface area contributed by atoms with E-state index < -0.39 is 0 Å². The number of halogens is 1. The third kappa shape index (κ3) is 4.60. The molecule has 5 rings (SSSR count). The van der Waals surface area contributed by atoms with Gasteiger partial charge in [-0.2, -0.15) is 0 Å². The molecule has 0 radical (unpaired) electrons. The summed E-state index contributed by atoms with van der Waals surface area (Å²) in [6.07, 6.45) is 6.24. The molecule has 0 fully saturated rings. The Hall–Kier alpha value is -3.48. The topological polar surface area (TPSA) is 51.0 Å². The number of fused-ring (bicyclic) bond motifs is 1. The number of carbonyl (C=O) groups is 1. The van der Waals surface area contributed by atoms with E-state index in [-0.39, 0.29) is 5.91 Å². The van der Waals surface area contributed by atoms with Crippen molar-refractivity contribution in [2.24, 2.45) is 0 Å². The highest BCUT2D eigenvalue weighted by Gasteiger charge is 2.22. The number of hydrogen-bond donors (Lipinski definition) is 0. The molecular weight excluding hydrogens is 464 g/mol. The van der Waals surface area contributed by atoms with E-state index in [0.29, 0.717) is 22.3 Å². The van der Waals surface area contributed by atoms with Crippen LogP contribution < -0.4 is 4.90 Å². The maximum absolute atomic E-state index is 13.7. The van der Waals surface area contributed by atoms with Crippen LogP contribution in [0, 0.1) is 6.92 Å². The van der Waals surface area contributed by atoms with E-state index in [1.165, 1.54) is 11.3 Å². The minimum absolute atomic E-state index is 0.0712. The quantitative estimate of drug-likeness (QED) is 0.252. The Morgan fingerprint density at radius 2 is 1.79 bits per heavy atom. The van der Waals surface area contributed by atoms with Crippen molar-refractivity contribution in [3.8, 4) is 11.1 Å². The van der Waals surface area contributed by atoms with Crippen LogP contribution in [0.15, 0.2) is 85.5 Å². The molecule has 2 heterocycles. The predicted molar refractivity (Wildman–Crippen MR) is 140 cm³/mol. The van der Waals surface area contributed by atoms with Crippen LogP contribution in [0.4, 0.5) is 5.13 Å². The van der Waals surface area contributed by atoms with Crippen LogP contribution in [0.3, 0.4) is 0 Å². The smallest absolute Gasteiger partial charge is 0.260 e. The second-order valence-electron chi connectivity index (χ2n) is 8.09. The molecule has 0 atom stereocenters. The van der Waals surface area contributed by atoms with Crippen LogP contribution in [-0.4, -0.2) is 27.0 Å². The number of aryl methyl sites for hydroxylation is 2. The summed E-state index contributed by atoms with van der Waals surface area (Å²) >= 11 is 7.91. The van der Waals surface area contributed by atoms with Gasteiger partial charge in [-0.1, -0.05) is 71.5 Å². The third-order valence-corrected chi connectivity index (χ3v) is 7.30. The number of aromatic nitrogens is 3. The number of nitrogens with zero attached hydrogens (tertiary/aromatic N) is 4. The number of rotatable bonds is 7. The van der Waals surface area contributed by atoms with Gasteiger partial charge in [-0.05, 0) is 48.2 Å². The Labute approximate surface area is 207 Å². The highest BCUT2D eigenvalue weighted by molar-refractivity contribution is 7.23. The van der Waals surface area contributed by atoms with Gasteiger partial charge >= 0.3 is 0 Å². The summed E-state index contributed by atoms with van der Waals surface area (Å²) in [6, 6.07) is 21.7. The zero-order chi connectivity index (χ0) is 23.5. The van der Waals surface area contributed by atoms with Crippen LogP contribution >= 0.6 is 22.9 Å².